The van der Waals surface area contributed by atoms with Gasteiger partial charge in [0, 0.05) is 20.1 Å². The zero-order chi connectivity index (χ0) is 15.8. The van der Waals surface area contributed by atoms with Crippen LogP contribution in [0.4, 0.5) is 0 Å². The highest BCUT2D eigenvalue weighted by Gasteiger charge is 2.11. The Balaban J connectivity index is 1.88. The average molecular weight is 297 g/mol. The third-order valence-corrected chi connectivity index (χ3v) is 3.75. The topological polar surface area (TPSA) is 38.3 Å². The molecule has 0 bridgehead atoms. The zero-order valence-electron chi connectivity index (χ0n) is 13.2. The van der Waals surface area contributed by atoms with Crippen molar-refractivity contribution in [3.8, 4) is 0 Å². The first-order chi connectivity index (χ1) is 10.7. The van der Waals surface area contributed by atoms with E-state index in [0.29, 0.717) is 19.6 Å². The van der Waals surface area contributed by atoms with Crippen molar-refractivity contribution in [3.63, 3.8) is 0 Å². The summed E-state index contributed by atoms with van der Waals surface area (Å²) in [6.07, 6.45) is 0.496. The average Bonchev–Trinajstić information content (AvgIpc) is 2.55. The molecule has 0 fully saturated rings. The number of hydrogen-bond donors (Lipinski definition) is 1. The van der Waals surface area contributed by atoms with Crippen LogP contribution in [0.5, 0.6) is 0 Å². The number of carbonyl (C=O) groups is 1. The lowest BCUT2D eigenvalue weighted by atomic mass is 9.97. The maximum Gasteiger partial charge on any atom is 0.220 e. The van der Waals surface area contributed by atoms with Crippen LogP contribution < -0.4 is 5.32 Å². The number of hydrogen-bond acceptors (Lipinski definition) is 2. The second-order valence-corrected chi connectivity index (χ2v) is 5.49. The highest BCUT2D eigenvalue weighted by Crippen LogP contribution is 2.18. The summed E-state index contributed by atoms with van der Waals surface area (Å²) in [7, 11) is 1.68. The van der Waals surface area contributed by atoms with Gasteiger partial charge in [-0.2, -0.15) is 0 Å². The first kappa shape index (κ1) is 16.2. The smallest absolute Gasteiger partial charge is 0.220 e. The molecule has 22 heavy (non-hydrogen) atoms. The fraction of sp³-hybridized carbons (Fsp3) is 0.316. The van der Waals surface area contributed by atoms with Crippen molar-refractivity contribution in [2.24, 2.45) is 0 Å². The predicted molar refractivity (Wildman–Crippen MR) is 88.5 cm³/mol. The Morgan fingerprint density at radius 1 is 1.05 bits per heavy atom. The molecule has 3 nitrogen and oxygen atoms in total. The highest BCUT2D eigenvalue weighted by molar-refractivity contribution is 5.76. The summed E-state index contributed by atoms with van der Waals surface area (Å²) >= 11 is 0. The van der Waals surface area contributed by atoms with Crippen LogP contribution >= 0.6 is 0 Å². The van der Waals surface area contributed by atoms with Gasteiger partial charge in [0.1, 0.15) is 0 Å². The molecule has 0 aliphatic rings. The summed E-state index contributed by atoms with van der Waals surface area (Å²) in [5, 5.41) is 3.00. The third kappa shape index (κ3) is 4.71. The molecule has 2 rings (SSSR count). The Morgan fingerprint density at radius 2 is 1.68 bits per heavy atom. The molecule has 0 heterocycles. The van der Waals surface area contributed by atoms with Crippen molar-refractivity contribution < 1.29 is 9.53 Å². The van der Waals surface area contributed by atoms with Crippen molar-refractivity contribution >= 4 is 5.91 Å². The van der Waals surface area contributed by atoms with E-state index < -0.39 is 0 Å². The van der Waals surface area contributed by atoms with Crippen molar-refractivity contribution in [1.29, 1.82) is 0 Å². The predicted octanol–water partition coefficient (Wildman–Crippen LogP) is 3.64. The van der Waals surface area contributed by atoms with Gasteiger partial charge in [-0.25, -0.2) is 0 Å². The Kier molecular flexibility index (Phi) is 6.16. The molecule has 0 saturated heterocycles. The molecule has 0 saturated carbocycles. The van der Waals surface area contributed by atoms with Crippen molar-refractivity contribution in [1.82, 2.24) is 5.32 Å². The van der Waals surface area contributed by atoms with Gasteiger partial charge < -0.3 is 10.1 Å². The first-order valence-corrected chi connectivity index (χ1v) is 7.58. The second-order valence-electron chi connectivity index (χ2n) is 5.49. The van der Waals surface area contributed by atoms with Gasteiger partial charge in [-0.1, -0.05) is 61.5 Å². The van der Waals surface area contributed by atoms with Gasteiger partial charge in [0.25, 0.3) is 0 Å². The lowest BCUT2D eigenvalue weighted by Crippen LogP contribution is -2.24. The maximum atomic E-state index is 12.1. The van der Waals surface area contributed by atoms with Gasteiger partial charge in [0.2, 0.25) is 5.91 Å². The van der Waals surface area contributed by atoms with E-state index in [0.717, 1.165) is 11.1 Å². The Hall–Kier alpha value is -2.13. The van der Waals surface area contributed by atoms with Crippen LogP contribution in [0.25, 0.3) is 0 Å². The van der Waals surface area contributed by atoms with Crippen molar-refractivity contribution in [2.75, 3.05) is 7.11 Å². The lowest BCUT2D eigenvalue weighted by Gasteiger charge is -2.13. The number of nitrogens with one attached hydrogen (secondary N) is 1. The molecule has 2 aromatic rings. The molecule has 0 aliphatic carbocycles. The molecular formula is C19H23NO2. The molecule has 0 spiro atoms. The number of rotatable bonds is 7. The van der Waals surface area contributed by atoms with Gasteiger partial charge >= 0.3 is 0 Å². The van der Waals surface area contributed by atoms with Crippen LogP contribution in [0.3, 0.4) is 0 Å². The number of benzene rings is 2. The number of ether oxygens (including phenoxy) is 1. The van der Waals surface area contributed by atoms with E-state index in [1.165, 1.54) is 5.56 Å². The van der Waals surface area contributed by atoms with Gasteiger partial charge in [-0.15, -0.1) is 0 Å². The molecule has 3 heteroatoms. The molecule has 116 valence electrons. The van der Waals surface area contributed by atoms with Gasteiger partial charge in [0.15, 0.2) is 0 Å². The van der Waals surface area contributed by atoms with Crippen LogP contribution in [0.15, 0.2) is 54.6 Å². The summed E-state index contributed by atoms with van der Waals surface area (Å²) in [6.45, 7) is 3.18. The summed E-state index contributed by atoms with van der Waals surface area (Å²) in [4.78, 5) is 12.1. The van der Waals surface area contributed by atoms with E-state index in [4.69, 9.17) is 4.74 Å². The van der Waals surface area contributed by atoms with E-state index in [-0.39, 0.29) is 11.8 Å². The van der Waals surface area contributed by atoms with Gasteiger partial charge in [0.05, 0.1) is 6.61 Å². The summed E-state index contributed by atoms with van der Waals surface area (Å²) in [5.74, 6) is 0.291. The van der Waals surface area contributed by atoms with E-state index in [2.05, 4.69) is 24.4 Å². The number of carbonyl (C=O) groups excluding carboxylic acids is 1. The second kappa shape index (κ2) is 8.35. The quantitative estimate of drug-likeness (QED) is 0.847. The minimum absolute atomic E-state index is 0.0728. The summed E-state index contributed by atoms with van der Waals surface area (Å²) in [5.41, 5.74) is 3.41. The molecule has 1 amide bonds. The molecule has 2 aromatic carbocycles. The third-order valence-electron chi connectivity index (χ3n) is 3.75. The molecule has 1 atom stereocenters. The van der Waals surface area contributed by atoms with Crippen molar-refractivity contribution in [2.45, 2.75) is 32.4 Å². The monoisotopic (exact) mass is 297 g/mol. The molecule has 1 N–H and O–H groups in total. The van der Waals surface area contributed by atoms with Gasteiger partial charge in [-0.3, -0.25) is 4.79 Å². The minimum Gasteiger partial charge on any atom is -0.380 e. The van der Waals surface area contributed by atoms with Crippen LogP contribution in [-0.2, 0) is 22.7 Å². The van der Waals surface area contributed by atoms with Crippen LogP contribution in [0, 0.1) is 0 Å². The normalized spacial score (nSPS) is 11.9. The number of methoxy groups -OCH3 is 1. The Morgan fingerprint density at radius 3 is 2.36 bits per heavy atom. The maximum absolute atomic E-state index is 12.1. The SMILES string of the molecule is COCc1ccccc1CNC(=O)CC(C)c1ccccc1. The molecule has 1 unspecified atom stereocenters. The van der Waals surface area contributed by atoms with E-state index in [1.54, 1.807) is 7.11 Å². The highest BCUT2D eigenvalue weighted by atomic mass is 16.5. The minimum atomic E-state index is 0.0728. The lowest BCUT2D eigenvalue weighted by molar-refractivity contribution is -0.121. The summed E-state index contributed by atoms with van der Waals surface area (Å²) in [6, 6.07) is 18.1. The molecule has 0 radical (unpaired) electrons. The van der Waals surface area contributed by atoms with Crippen LogP contribution in [-0.4, -0.2) is 13.0 Å². The van der Waals surface area contributed by atoms with E-state index in [1.807, 2.05) is 42.5 Å². The van der Waals surface area contributed by atoms with Crippen LogP contribution in [0.2, 0.25) is 0 Å². The molecule has 0 aromatic heterocycles. The van der Waals surface area contributed by atoms with Crippen molar-refractivity contribution in [3.05, 3.63) is 71.3 Å². The largest absolute Gasteiger partial charge is 0.380 e. The zero-order valence-corrected chi connectivity index (χ0v) is 13.2. The first-order valence-electron chi connectivity index (χ1n) is 7.58. The Labute approximate surface area is 132 Å². The van der Waals surface area contributed by atoms with Crippen LogP contribution in [0.1, 0.15) is 36.0 Å². The number of amides is 1. The molecular weight excluding hydrogens is 274 g/mol. The van der Waals surface area contributed by atoms with Gasteiger partial charge in [-0.05, 0) is 22.6 Å². The van der Waals surface area contributed by atoms with E-state index >= 15 is 0 Å². The standard InChI is InChI=1S/C19H23NO2/c1-15(16-8-4-3-5-9-16)12-19(21)20-13-17-10-6-7-11-18(17)14-22-2/h3-11,15H,12-14H2,1-2H3,(H,20,21). The fourth-order valence-corrected chi connectivity index (χ4v) is 2.47. The molecule has 0 aliphatic heterocycles. The summed E-state index contributed by atoms with van der Waals surface area (Å²) < 4.78 is 5.19. The Bertz CT molecular complexity index is 595. The fourth-order valence-electron chi connectivity index (χ4n) is 2.47. The van der Waals surface area contributed by atoms with E-state index in [9.17, 15) is 4.79 Å².